The molecular weight excluding hydrogens is 178 g/mol. The summed E-state index contributed by atoms with van der Waals surface area (Å²) < 4.78 is 5.37. The normalized spacial score (nSPS) is 36.1. The molecule has 2 rings (SSSR count). The van der Waals surface area contributed by atoms with Gasteiger partial charge in [-0.1, -0.05) is 0 Å². The van der Waals surface area contributed by atoms with E-state index in [0.29, 0.717) is 5.92 Å². The lowest BCUT2D eigenvalue weighted by molar-refractivity contribution is -0.158. The molecule has 0 amide bonds. The fourth-order valence-corrected chi connectivity index (χ4v) is 2.21. The summed E-state index contributed by atoms with van der Waals surface area (Å²) in [6.07, 6.45) is 2.43. The molecular formula is C11H19NO2. The van der Waals surface area contributed by atoms with E-state index in [0.717, 1.165) is 12.5 Å². The lowest BCUT2D eigenvalue weighted by atomic mass is 10.0. The van der Waals surface area contributed by atoms with Crippen LogP contribution in [-0.4, -0.2) is 24.2 Å². The van der Waals surface area contributed by atoms with Crippen LogP contribution in [-0.2, 0) is 9.53 Å². The Labute approximate surface area is 85.2 Å². The number of nitrogens with one attached hydrogen (secondary N) is 1. The Kier molecular flexibility index (Phi) is 2.30. The summed E-state index contributed by atoms with van der Waals surface area (Å²) in [7, 11) is 0. The van der Waals surface area contributed by atoms with E-state index in [4.69, 9.17) is 4.74 Å². The van der Waals surface area contributed by atoms with Crippen LogP contribution < -0.4 is 5.32 Å². The largest absolute Gasteiger partial charge is 0.459 e. The van der Waals surface area contributed by atoms with Crippen LogP contribution in [0.1, 0.15) is 33.6 Å². The molecule has 1 saturated heterocycles. The van der Waals surface area contributed by atoms with Crippen LogP contribution in [0.5, 0.6) is 0 Å². The second kappa shape index (κ2) is 3.23. The van der Waals surface area contributed by atoms with Crippen LogP contribution >= 0.6 is 0 Å². The van der Waals surface area contributed by atoms with Gasteiger partial charge >= 0.3 is 5.97 Å². The average molecular weight is 197 g/mol. The molecule has 2 fully saturated rings. The molecule has 0 radical (unpaired) electrons. The van der Waals surface area contributed by atoms with Gasteiger partial charge in [-0.05, 0) is 52.0 Å². The quantitative estimate of drug-likeness (QED) is 0.644. The zero-order chi connectivity index (χ0) is 10.3. The van der Waals surface area contributed by atoms with Crippen molar-refractivity contribution < 1.29 is 9.53 Å². The van der Waals surface area contributed by atoms with Crippen molar-refractivity contribution in [3.63, 3.8) is 0 Å². The Balaban J connectivity index is 1.91. The van der Waals surface area contributed by atoms with Crippen molar-refractivity contribution in [1.82, 2.24) is 5.32 Å². The molecule has 0 unspecified atom stereocenters. The summed E-state index contributed by atoms with van der Waals surface area (Å²) in [5.41, 5.74) is -0.361. The summed E-state index contributed by atoms with van der Waals surface area (Å²) in [4.78, 5) is 11.8. The standard InChI is InChI=1S/C11H19NO2/c1-11(2,3)14-10(13)9-8-6-7(8)4-5-12-9/h7-9,12H,4-6H2,1-3H3/t7-,8+,9+/m1/s1. The second-order valence-corrected chi connectivity index (χ2v) is 5.41. The average Bonchev–Trinajstić information content (AvgIpc) is 2.77. The van der Waals surface area contributed by atoms with Gasteiger partial charge in [-0.3, -0.25) is 4.79 Å². The minimum Gasteiger partial charge on any atom is -0.459 e. The van der Waals surface area contributed by atoms with Gasteiger partial charge in [-0.2, -0.15) is 0 Å². The van der Waals surface area contributed by atoms with Gasteiger partial charge in [-0.25, -0.2) is 0 Å². The maximum absolute atomic E-state index is 11.8. The van der Waals surface area contributed by atoms with Crippen LogP contribution in [0.25, 0.3) is 0 Å². The summed E-state index contributed by atoms with van der Waals surface area (Å²) in [5, 5.41) is 3.26. The van der Waals surface area contributed by atoms with Gasteiger partial charge in [0.05, 0.1) is 0 Å². The van der Waals surface area contributed by atoms with Crippen molar-refractivity contribution >= 4 is 5.97 Å². The predicted molar refractivity (Wildman–Crippen MR) is 53.8 cm³/mol. The minimum absolute atomic E-state index is 0.0343. The molecule has 1 N–H and O–H groups in total. The number of rotatable bonds is 1. The Morgan fingerprint density at radius 1 is 1.43 bits per heavy atom. The third-order valence-electron chi connectivity index (χ3n) is 2.95. The molecule has 1 aliphatic carbocycles. The number of fused-ring (bicyclic) bond motifs is 1. The monoisotopic (exact) mass is 197 g/mol. The molecule has 2 aliphatic rings. The third kappa shape index (κ3) is 2.08. The Morgan fingerprint density at radius 3 is 2.79 bits per heavy atom. The number of piperidine rings is 1. The smallest absolute Gasteiger partial charge is 0.323 e. The molecule has 3 atom stereocenters. The summed E-state index contributed by atoms with van der Waals surface area (Å²) in [6.45, 7) is 6.71. The zero-order valence-electron chi connectivity index (χ0n) is 9.17. The highest BCUT2D eigenvalue weighted by Gasteiger charge is 2.49. The first kappa shape index (κ1) is 9.97. The topological polar surface area (TPSA) is 38.3 Å². The molecule has 0 aromatic rings. The van der Waals surface area contributed by atoms with Gasteiger partial charge in [0, 0.05) is 0 Å². The summed E-state index contributed by atoms with van der Waals surface area (Å²) >= 11 is 0. The van der Waals surface area contributed by atoms with Gasteiger partial charge in [0.15, 0.2) is 0 Å². The molecule has 0 aromatic heterocycles. The first-order valence-electron chi connectivity index (χ1n) is 5.43. The van der Waals surface area contributed by atoms with Crippen LogP contribution in [0.3, 0.4) is 0 Å². The van der Waals surface area contributed by atoms with E-state index in [2.05, 4.69) is 5.32 Å². The zero-order valence-corrected chi connectivity index (χ0v) is 9.17. The molecule has 14 heavy (non-hydrogen) atoms. The van der Waals surface area contributed by atoms with Crippen molar-refractivity contribution in [1.29, 1.82) is 0 Å². The number of carbonyl (C=O) groups is 1. The van der Waals surface area contributed by atoms with E-state index >= 15 is 0 Å². The number of ether oxygens (including phenoxy) is 1. The first-order chi connectivity index (χ1) is 6.47. The maximum atomic E-state index is 11.8. The number of esters is 1. The SMILES string of the molecule is CC(C)(C)OC(=O)[C@H]1NCC[C@@H]2C[C@@H]21. The van der Waals surface area contributed by atoms with Crippen molar-refractivity contribution in [2.75, 3.05) is 6.54 Å². The Hall–Kier alpha value is -0.570. The van der Waals surface area contributed by atoms with Crippen LogP contribution in [0.4, 0.5) is 0 Å². The summed E-state index contributed by atoms with van der Waals surface area (Å²) in [6, 6.07) is -0.0343. The first-order valence-corrected chi connectivity index (χ1v) is 5.43. The second-order valence-electron chi connectivity index (χ2n) is 5.41. The van der Waals surface area contributed by atoms with Crippen molar-refractivity contribution in [3.8, 4) is 0 Å². The molecule has 0 bridgehead atoms. The van der Waals surface area contributed by atoms with E-state index in [1.807, 2.05) is 20.8 Å². The van der Waals surface area contributed by atoms with E-state index in [1.165, 1.54) is 12.8 Å². The molecule has 0 aromatic carbocycles. The van der Waals surface area contributed by atoms with E-state index in [9.17, 15) is 4.79 Å². The maximum Gasteiger partial charge on any atom is 0.323 e. The molecule has 3 nitrogen and oxygen atoms in total. The number of hydrogen-bond donors (Lipinski definition) is 1. The Bertz CT molecular complexity index is 244. The molecule has 1 heterocycles. The minimum atomic E-state index is -0.361. The highest BCUT2D eigenvalue weighted by Crippen LogP contribution is 2.46. The molecule has 1 aliphatic heterocycles. The molecule has 1 saturated carbocycles. The third-order valence-corrected chi connectivity index (χ3v) is 2.95. The van der Waals surface area contributed by atoms with Gasteiger partial charge in [0.2, 0.25) is 0 Å². The predicted octanol–water partition coefficient (Wildman–Crippen LogP) is 1.33. The fraction of sp³-hybridized carbons (Fsp3) is 0.909. The van der Waals surface area contributed by atoms with Crippen molar-refractivity contribution in [3.05, 3.63) is 0 Å². The van der Waals surface area contributed by atoms with Crippen molar-refractivity contribution in [2.24, 2.45) is 11.8 Å². The van der Waals surface area contributed by atoms with Gasteiger partial charge in [-0.15, -0.1) is 0 Å². The van der Waals surface area contributed by atoms with E-state index < -0.39 is 0 Å². The lowest BCUT2D eigenvalue weighted by Crippen LogP contribution is -2.45. The molecule has 3 heteroatoms. The van der Waals surface area contributed by atoms with Crippen molar-refractivity contribution in [2.45, 2.75) is 45.3 Å². The van der Waals surface area contributed by atoms with Crippen LogP contribution in [0, 0.1) is 11.8 Å². The number of hydrogen-bond acceptors (Lipinski definition) is 3. The molecule has 80 valence electrons. The van der Waals surface area contributed by atoms with E-state index in [-0.39, 0.29) is 17.6 Å². The summed E-state index contributed by atoms with van der Waals surface area (Å²) in [5.74, 6) is 1.28. The van der Waals surface area contributed by atoms with Crippen LogP contribution in [0.2, 0.25) is 0 Å². The highest BCUT2D eigenvalue weighted by atomic mass is 16.6. The van der Waals surface area contributed by atoms with E-state index in [1.54, 1.807) is 0 Å². The molecule has 0 spiro atoms. The van der Waals surface area contributed by atoms with Gasteiger partial charge < -0.3 is 10.1 Å². The Morgan fingerprint density at radius 2 is 2.14 bits per heavy atom. The van der Waals surface area contributed by atoms with Crippen LogP contribution in [0.15, 0.2) is 0 Å². The lowest BCUT2D eigenvalue weighted by Gasteiger charge is -2.26. The highest BCUT2D eigenvalue weighted by molar-refractivity contribution is 5.77. The fourth-order valence-electron chi connectivity index (χ4n) is 2.21. The van der Waals surface area contributed by atoms with Gasteiger partial charge in [0.1, 0.15) is 11.6 Å². The van der Waals surface area contributed by atoms with Gasteiger partial charge in [0.25, 0.3) is 0 Å². The number of carbonyl (C=O) groups excluding carboxylic acids is 1.